The summed E-state index contributed by atoms with van der Waals surface area (Å²) in [5.41, 5.74) is 4.45. The molecule has 7 nitrogen and oxygen atoms in total. The van der Waals surface area contributed by atoms with Crippen LogP contribution in [0, 0.1) is 24.0 Å². The van der Waals surface area contributed by atoms with Crippen LogP contribution in [-0.4, -0.2) is 20.6 Å². The molecule has 0 fully saturated rings. The Hall–Kier alpha value is -2.84. The van der Waals surface area contributed by atoms with Gasteiger partial charge < -0.3 is 5.32 Å². The van der Waals surface area contributed by atoms with E-state index in [0.717, 1.165) is 33.8 Å². The van der Waals surface area contributed by atoms with Crippen LogP contribution in [0.1, 0.15) is 32.7 Å². The number of benzene rings is 2. The van der Waals surface area contributed by atoms with Gasteiger partial charge in [-0.05, 0) is 49.2 Å². The Morgan fingerprint density at radius 3 is 2.62 bits per heavy atom. The summed E-state index contributed by atoms with van der Waals surface area (Å²) in [5, 5.41) is 19.1. The quantitative estimate of drug-likeness (QED) is 0.464. The van der Waals surface area contributed by atoms with Gasteiger partial charge in [0.15, 0.2) is 0 Å². The lowest BCUT2D eigenvalue weighted by Crippen LogP contribution is -2.17. The molecule has 1 aliphatic heterocycles. The fourth-order valence-electron chi connectivity index (χ4n) is 3.43. The molecule has 0 spiro atoms. The number of thioether (sulfide) groups is 1. The van der Waals surface area contributed by atoms with Crippen LogP contribution < -0.4 is 5.32 Å². The summed E-state index contributed by atoms with van der Waals surface area (Å²) >= 11 is 7.69. The van der Waals surface area contributed by atoms with E-state index < -0.39 is 10.8 Å². The van der Waals surface area contributed by atoms with Crippen molar-refractivity contribution in [2.75, 3.05) is 5.32 Å². The van der Waals surface area contributed by atoms with Crippen LogP contribution in [0.15, 0.2) is 36.4 Å². The number of aryl methyl sites for hydroxylation is 2. The van der Waals surface area contributed by atoms with Crippen molar-refractivity contribution in [3.8, 4) is 5.69 Å². The van der Waals surface area contributed by atoms with Crippen LogP contribution >= 0.6 is 23.4 Å². The Labute approximate surface area is 176 Å². The van der Waals surface area contributed by atoms with E-state index in [4.69, 9.17) is 11.6 Å². The first-order chi connectivity index (χ1) is 13.8. The molecule has 0 atom stereocenters. The second-order valence-electron chi connectivity index (χ2n) is 6.90. The van der Waals surface area contributed by atoms with Crippen molar-refractivity contribution >= 4 is 40.8 Å². The number of aromatic nitrogens is 2. The zero-order valence-electron chi connectivity index (χ0n) is 15.7. The smallest absolute Gasteiger partial charge is 0.282 e. The maximum atomic E-state index is 13.0. The number of rotatable bonds is 4. The molecule has 148 valence electrons. The first-order valence-electron chi connectivity index (χ1n) is 8.86. The van der Waals surface area contributed by atoms with Gasteiger partial charge in [0.1, 0.15) is 11.4 Å². The molecule has 1 amide bonds. The summed E-state index contributed by atoms with van der Waals surface area (Å²) in [6.45, 7) is 3.99. The Balaban J connectivity index is 1.79. The monoisotopic (exact) mass is 428 g/mol. The number of fused-ring (bicyclic) bond motifs is 1. The largest absolute Gasteiger partial charge is 0.306 e. The zero-order chi connectivity index (χ0) is 20.7. The highest BCUT2D eigenvalue weighted by Gasteiger charge is 2.27. The first kappa shape index (κ1) is 19.5. The third kappa shape index (κ3) is 3.73. The summed E-state index contributed by atoms with van der Waals surface area (Å²) in [6, 6.07) is 9.97. The maximum Gasteiger partial charge on any atom is 0.282 e. The minimum Gasteiger partial charge on any atom is -0.306 e. The number of nitro benzene ring substituents is 1. The van der Waals surface area contributed by atoms with E-state index in [9.17, 15) is 14.9 Å². The number of nitrogens with zero attached hydrogens (tertiary/aromatic N) is 3. The predicted octanol–water partition coefficient (Wildman–Crippen LogP) is 5.05. The minimum absolute atomic E-state index is 0.0879. The van der Waals surface area contributed by atoms with E-state index >= 15 is 0 Å². The van der Waals surface area contributed by atoms with E-state index in [1.165, 1.54) is 18.2 Å². The third-order valence-electron chi connectivity index (χ3n) is 4.63. The molecule has 0 saturated heterocycles. The Morgan fingerprint density at radius 2 is 1.93 bits per heavy atom. The molecule has 29 heavy (non-hydrogen) atoms. The average molecular weight is 429 g/mol. The lowest BCUT2D eigenvalue weighted by molar-refractivity contribution is -0.385. The molecule has 3 aromatic rings. The molecule has 2 heterocycles. The van der Waals surface area contributed by atoms with Gasteiger partial charge in [-0.1, -0.05) is 17.7 Å². The number of anilines is 1. The van der Waals surface area contributed by atoms with E-state index in [-0.39, 0.29) is 16.3 Å². The van der Waals surface area contributed by atoms with Crippen molar-refractivity contribution in [1.82, 2.24) is 9.78 Å². The van der Waals surface area contributed by atoms with Gasteiger partial charge in [0, 0.05) is 28.2 Å². The summed E-state index contributed by atoms with van der Waals surface area (Å²) in [6.07, 6.45) is 0. The zero-order valence-corrected chi connectivity index (χ0v) is 17.3. The second-order valence-corrected chi connectivity index (χ2v) is 8.32. The van der Waals surface area contributed by atoms with E-state index in [1.807, 2.05) is 26.0 Å². The molecule has 1 aromatic heterocycles. The van der Waals surface area contributed by atoms with Crippen molar-refractivity contribution in [3.63, 3.8) is 0 Å². The van der Waals surface area contributed by atoms with Crippen LogP contribution in [-0.2, 0) is 11.5 Å². The van der Waals surface area contributed by atoms with E-state index in [1.54, 1.807) is 16.4 Å². The summed E-state index contributed by atoms with van der Waals surface area (Å²) in [5.74, 6) is 1.42. The molecule has 0 unspecified atom stereocenters. The summed E-state index contributed by atoms with van der Waals surface area (Å²) in [7, 11) is 0. The number of nitrogens with one attached hydrogen (secondary N) is 1. The van der Waals surface area contributed by atoms with Gasteiger partial charge in [-0.2, -0.15) is 16.9 Å². The van der Waals surface area contributed by atoms with Crippen LogP contribution in [0.3, 0.4) is 0 Å². The van der Waals surface area contributed by atoms with Crippen LogP contribution in [0.2, 0.25) is 5.02 Å². The Kier molecular flexibility index (Phi) is 5.06. The van der Waals surface area contributed by atoms with Gasteiger partial charge in [-0.25, -0.2) is 4.68 Å². The number of carbonyl (C=O) groups excluding carboxylic acids is 1. The molecular weight excluding hydrogens is 412 g/mol. The number of hydrogen-bond acceptors (Lipinski definition) is 5. The lowest BCUT2D eigenvalue weighted by Gasteiger charge is -2.12. The van der Waals surface area contributed by atoms with Crippen LogP contribution in [0.5, 0.6) is 0 Å². The van der Waals surface area contributed by atoms with Gasteiger partial charge in [0.05, 0.1) is 16.3 Å². The van der Waals surface area contributed by atoms with Crippen molar-refractivity contribution in [3.05, 3.63) is 79.5 Å². The number of nitro groups is 1. The number of halogens is 1. The molecular formula is C20H17ClN4O3S. The lowest BCUT2D eigenvalue weighted by atomic mass is 10.1. The molecule has 0 radical (unpaired) electrons. The van der Waals surface area contributed by atoms with Gasteiger partial charge in [-0.3, -0.25) is 14.9 Å². The number of amides is 1. The fourth-order valence-corrected chi connectivity index (χ4v) is 4.63. The standard InChI is InChI=1S/C20H17ClN4O3S/c1-11-5-12(2)7-14(6-11)24-19(16-9-29-10-17(16)23-24)22-20(26)15-8-13(21)3-4-18(15)25(27)28/h3-8H,9-10H2,1-2H3,(H,22,26). The van der Waals surface area contributed by atoms with E-state index in [0.29, 0.717) is 11.6 Å². The number of carbonyl (C=O) groups is 1. The van der Waals surface area contributed by atoms with Gasteiger partial charge in [0.2, 0.25) is 0 Å². The average Bonchev–Trinajstić information content (AvgIpc) is 3.23. The molecule has 1 N–H and O–H groups in total. The predicted molar refractivity (Wildman–Crippen MR) is 114 cm³/mol. The van der Waals surface area contributed by atoms with Crippen molar-refractivity contribution in [2.45, 2.75) is 25.4 Å². The van der Waals surface area contributed by atoms with Crippen molar-refractivity contribution in [2.24, 2.45) is 0 Å². The third-order valence-corrected chi connectivity index (χ3v) is 5.84. The maximum absolute atomic E-state index is 13.0. The Bertz CT molecular complexity index is 1140. The molecule has 9 heteroatoms. The highest BCUT2D eigenvalue weighted by Crippen LogP contribution is 2.37. The topological polar surface area (TPSA) is 90.1 Å². The van der Waals surface area contributed by atoms with Crippen molar-refractivity contribution in [1.29, 1.82) is 0 Å². The van der Waals surface area contributed by atoms with Gasteiger partial charge in [-0.15, -0.1) is 0 Å². The highest BCUT2D eigenvalue weighted by atomic mass is 35.5. The molecule has 1 aliphatic rings. The SMILES string of the molecule is Cc1cc(C)cc(-n2nc3c(c2NC(=O)c2cc(Cl)ccc2[N+](=O)[O-])CSC3)c1. The summed E-state index contributed by atoms with van der Waals surface area (Å²) in [4.78, 5) is 23.7. The molecule has 2 aromatic carbocycles. The number of hydrogen-bond donors (Lipinski definition) is 1. The van der Waals surface area contributed by atoms with E-state index in [2.05, 4.69) is 16.5 Å². The highest BCUT2D eigenvalue weighted by molar-refractivity contribution is 7.98. The van der Waals surface area contributed by atoms with Gasteiger partial charge in [0.25, 0.3) is 11.6 Å². The van der Waals surface area contributed by atoms with Crippen LogP contribution in [0.25, 0.3) is 5.69 Å². The van der Waals surface area contributed by atoms with Gasteiger partial charge >= 0.3 is 0 Å². The second kappa shape index (κ2) is 7.53. The Morgan fingerprint density at radius 1 is 1.21 bits per heavy atom. The summed E-state index contributed by atoms with van der Waals surface area (Å²) < 4.78 is 1.71. The molecule has 0 bridgehead atoms. The fraction of sp³-hybridized carbons (Fsp3) is 0.200. The molecule has 0 saturated carbocycles. The molecule has 4 rings (SSSR count). The normalized spacial score (nSPS) is 12.7. The van der Waals surface area contributed by atoms with Crippen LogP contribution in [0.4, 0.5) is 11.5 Å². The first-order valence-corrected chi connectivity index (χ1v) is 10.4. The van der Waals surface area contributed by atoms with Crippen molar-refractivity contribution < 1.29 is 9.72 Å². The molecule has 0 aliphatic carbocycles. The minimum atomic E-state index is -0.593.